The molecule has 1 atom stereocenters. The molecule has 1 unspecified atom stereocenters. The third kappa shape index (κ3) is 4.84. The molecule has 0 radical (unpaired) electrons. The molecular formula is C21H20BrNO3. The number of benzene rings is 2. The predicted molar refractivity (Wildman–Crippen MR) is 105 cm³/mol. The minimum Gasteiger partial charge on any atom is -0.464 e. The van der Waals surface area contributed by atoms with Crippen LogP contribution in [0, 0.1) is 0 Å². The minimum atomic E-state index is -0.743. The number of aryl methyl sites for hydroxylation is 1. The molecule has 1 amide bonds. The fourth-order valence-electron chi connectivity index (χ4n) is 2.68. The van der Waals surface area contributed by atoms with Gasteiger partial charge in [-0.1, -0.05) is 58.4 Å². The van der Waals surface area contributed by atoms with Gasteiger partial charge in [-0.05, 0) is 35.7 Å². The number of hydrogen-bond acceptors (Lipinski definition) is 3. The highest BCUT2D eigenvalue weighted by molar-refractivity contribution is 9.10. The smallest absolute Gasteiger partial charge is 0.220 e. The summed E-state index contributed by atoms with van der Waals surface area (Å²) in [6.07, 6.45) is 1.92. The van der Waals surface area contributed by atoms with Gasteiger partial charge < -0.3 is 14.8 Å². The molecular weight excluding hydrogens is 394 g/mol. The van der Waals surface area contributed by atoms with E-state index in [1.807, 2.05) is 60.7 Å². The van der Waals surface area contributed by atoms with E-state index in [1.54, 1.807) is 6.26 Å². The molecule has 0 aliphatic rings. The van der Waals surface area contributed by atoms with Crippen molar-refractivity contribution in [1.29, 1.82) is 0 Å². The van der Waals surface area contributed by atoms with E-state index in [0.717, 1.165) is 26.9 Å². The molecule has 134 valence electrons. The lowest BCUT2D eigenvalue weighted by molar-refractivity contribution is -0.121. The number of halogens is 1. The predicted octanol–water partition coefficient (Wildman–Crippen LogP) is 4.49. The summed E-state index contributed by atoms with van der Waals surface area (Å²) in [5, 5.41) is 13.1. The fourth-order valence-corrected chi connectivity index (χ4v) is 3.16. The monoisotopic (exact) mass is 413 g/mol. The zero-order valence-electron chi connectivity index (χ0n) is 14.2. The quantitative estimate of drug-likeness (QED) is 0.599. The average molecular weight is 414 g/mol. The second kappa shape index (κ2) is 8.83. The molecule has 5 heteroatoms. The van der Waals surface area contributed by atoms with Crippen LogP contribution in [-0.2, 0) is 11.2 Å². The van der Waals surface area contributed by atoms with Crippen LogP contribution in [0.3, 0.4) is 0 Å². The molecule has 1 heterocycles. The Morgan fingerprint density at radius 2 is 1.85 bits per heavy atom. The number of amides is 1. The van der Waals surface area contributed by atoms with Crippen molar-refractivity contribution in [3.8, 4) is 11.3 Å². The minimum absolute atomic E-state index is 0.0768. The number of aliphatic hydroxyl groups excluding tert-OH is 1. The van der Waals surface area contributed by atoms with Crippen LogP contribution < -0.4 is 5.32 Å². The molecule has 2 aromatic carbocycles. The van der Waals surface area contributed by atoms with E-state index in [9.17, 15) is 9.90 Å². The third-order valence-electron chi connectivity index (χ3n) is 4.17. The highest BCUT2D eigenvalue weighted by Crippen LogP contribution is 2.22. The Morgan fingerprint density at radius 3 is 2.54 bits per heavy atom. The van der Waals surface area contributed by atoms with Crippen LogP contribution in [0.5, 0.6) is 0 Å². The SMILES string of the molecule is O=C(CCc1ccccc1Br)NCC(O)c1ccc(-c2ccco2)cc1. The van der Waals surface area contributed by atoms with Crippen molar-refractivity contribution in [1.82, 2.24) is 5.32 Å². The average Bonchev–Trinajstić information content (AvgIpc) is 3.20. The van der Waals surface area contributed by atoms with E-state index in [0.29, 0.717) is 12.8 Å². The van der Waals surface area contributed by atoms with E-state index >= 15 is 0 Å². The lowest BCUT2D eigenvalue weighted by Crippen LogP contribution is -2.28. The van der Waals surface area contributed by atoms with Crippen molar-refractivity contribution in [3.05, 3.63) is 82.5 Å². The van der Waals surface area contributed by atoms with Gasteiger partial charge in [-0.2, -0.15) is 0 Å². The maximum atomic E-state index is 12.0. The van der Waals surface area contributed by atoms with Crippen LogP contribution >= 0.6 is 15.9 Å². The van der Waals surface area contributed by atoms with Crippen LogP contribution in [0.1, 0.15) is 23.7 Å². The van der Waals surface area contributed by atoms with Crippen molar-refractivity contribution >= 4 is 21.8 Å². The van der Waals surface area contributed by atoms with Crippen LogP contribution in [-0.4, -0.2) is 17.6 Å². The fraction of sp³-hybridized carbons (Fsp3) is 0.190. The van der Waals surface area contributed by atoms with Crippen LogP contribution in [0.25, 0.3) is 11.3 Å². The lowest BCUT2D eigenvalue weighted by atomic mass is 10.1. The molecule has 1 aromatic heterocycles. The van der Waals surface area contributed by atoms with E-state index in [2.05, 4.69) is 21.2 Å². The lowest BCUT2D eigenvalue weighted by Gasteiger charge is -2.13. The molecule has 0 fully saturated rings. The topological polar surface area (TPSA) is 62.5 Å². The molecule has 26 heavy (non-hydrogen) atoms. The maximum Gasteiger partial charge on any atom is 0.220 e. The zero-order valence-corrected chi connectivity index (χ0v) is 15.8. The van der Waals surface area contributed by atoms with Gasteiger partial charge in [0.05, 0.1) is 12.4 Å². The molecule has 4 nitrogen and oxygen atoms in total. The molecule has 0 aliphatic carbocycles. The molecule has 0 bridgehead atoms. The largest absolute Gasteiger partial charge is 0.464 e. The molecule has 0 saturated carbocycles. The Balaban J connectivity index is 1.48. The highest BCUT2D eigenvalue weighted by Gasteiger charge is 2.11. The van der Waals surface area contributed by atoms with Gasteiger partial charge in [0.25, 0.3) is 0 Å². The summed E-state index contributed by atoms with van der Waals surface area (Å²) in [4.78, 5) is 12.0. The van der Waals surface area contributed by atoms with Gasteiger partial charge in [0.1, 0.15) is 5.76 Å². The molecule has 2 N–H and O–H groups in total. The van der Waals surface area contributed by atoms with Crippen molar-refractivity contribution < 1.29 is 14.3 Å². The van der Waals surface area contributed by atoms with Crippen LogP contribution in [0.2, 0.25) is 0 Å². The highest BCUT2D eigenvalue weighted by atomic mass is 79.9. The normalized spacial score (nSPS) is 11.9. The van der Waals surface area contributed by atoms with Gasteiger partial charge in [0, 0.05) is 23.0 Å². The number of rotatable bonds is 7. The summed E-state index contributed by atoms with van der Waals surface area (Å²) in [6, 6.07) is 19.0. The first-order valence-corrected chi connectivity index (χ1v) is 9.25. The third-order valence-corrected chi connectivity index (χ3v) is 4.95. The Kier molecular flexibility index (Phi) is 6.26. The Hall–Kier alpha value is -2.37. The molecule has 3 aromatic rings. The summed E-state index contributed by atoms with van der Waals surface area (Å²) in [5.74, 6) is 0.707. The number of nitrogens with one attached hydrogen (secondary N) is 1. The number of carbonyl (C=O) groups excluding carboxylic acids is 1. The Bertz CT molecular complexity index is 844. The van der Waals surface area contributed by atoms with Gasteiger partial charge >= 0.3 is 0 Å². The van der Waals surface area contributed by atoms with Gasteiger partial charge in [0.2, 0.25) is 5.91 Å². The maximum absolute atomic E-state index is 12.0. The van der Waals surface area contributed by atoms with Gasteiger partial charge in [-0.3, -0.25) is 4.79 Å². The summed E-state index contributed by atoms with van der Waals surface area (Å²) in [6.45, 7) is 0.189. The Labute approximate surface area is 161 Å². The molecule has 0 spiro atoms. The van der Waals surface area contributed by atoms with Gasteiger partial charge in [0.15, 0.2) is 0 Å². The van der Waals surface area contributed by atoms with E-state index < -0.39 is 6.10 Å². The second-order valence-electron chi connectivity index (χ2n) is 6.01. The van der Waals surface area contributed by atoms with E-state index in [4.69, 9.17) is 4.42 Å². The number of furan rings is 1. The molecule has 0 aliphatic heterocycles. The second-order valence-corrected chi connectivity index (χ2v) is 6.86. The van der Waals surface area contributed by atoms with Crippen LogP contribution in [0.4, 0.5) is 0 Å². The first-order chi connectivity index (χ1) is 12.6. The van der Waals surface area contributed by atoms with Gasteiger partial charge in [-0.25, -0.2) is 0 Å². The van der Waals surface area contributed by atoms with Crippen molar-refractivity contribution in [2.45, 2.75) is 18.9 Å². The molecule has 3 rings (SSSR count). The first-order valence-electron chi connectivity index (χ1n) is 8.45. The van der Waals surface area contributed by atoms with E-state index in [1.165, 1.54) is 0 Å². The molecule has 0 saturated heterocycles. The number of hydrogen-bond donors (Lipinski definition) is 2. The van der Waals surface area contributed by atoms with Crippen molar-refractivity contribution in [3.63, 3.8) is 0 Å². The number of carbonyl (C=O) groups is 1. The summed E-state index contributed by atoms with van der Waals surface area (Å²) in [7, 11) is 0. The van der Waals surface area contributed by atoms with E-state index in [-0.39, 0.29) is 12.5 Å². The number of aliphatic hydroxyl groups is 1. The van der Waals surface area contributed by atoms with Gasteiger partial charge in [-0.15, -0.1) is 0 Å². The summed E-state index contributed by atoms with van der Waals surface area (Å²) >= 11 is 3.48. The summed E-state index contributed by atoms with van der Waals surface area (Å²) in [5.41, 5.74) is 2.80. The summed E-state index contributed by atoms with van der Waals surface area (Å²) < 4.78 is 6.35. The first kappa shape index (κ1) is 18.4. The Morgan fingerprint density at radius 1 is 1.08 bits per heavy atom. The zero-order chi connectivity index (χ0) is 18.4. The standard InChI is InChI=1S/C21H20BrNO3/c22-18-5-2-1-4-15(18)11-12-21(25)23-14-19(24)16-7-9-17(10-8-16)20-6-3-13-26-20/h1-10,13,19,24H,11-12,14H2,(H,23,25). The van der Waals surface area contributed by atoms with Crippen molar-refractivity contribution in [2.75, 3.05) is 6.54 Å². The van der Waals surface area contributed by atoms with Crippen LogP contribution in [0.15, 0.2) is 75.8 Å². The van der Waals surface area contributed by atoms with Crippen molar-refractivity contribution in [2.24, 2.45) is 0 Å².